The van der Waals surface area contributed by atoms with Crippen LogP contribution in [0.25, 0.3) is 0 Å². The third-order valence-corrected chi connectivity index (χ3v) is 2.52. The fraction of sp³-hybridized carbons (Fsp3) is 0.231. The lowest BCUT2D eigenvalue weighted by atomic mass is 10.2. The number of rotatable bonds is 5. The first-order chi connectivity index (χ1) is 8.69. The summed E-state index contributed by atoms with van der Waals surface area (Å²) in [5, 5.41) is 2.16. The summed E-state index contributed by atoms with van der Waals surface area (Å²) in [6.07, 6.45) is 1.26. The number of imide groups is 1. The van der Waals surface area contributed by atoms with Crippen molar-refractivity contribution < 1.29 is 19.1 Å². The molecule has 0 unspecified atom stereocenters. The molecule has 5 heteroatoms. The molecule has 18 heavy (non-hydrogen) atoms. The van der Waals surface area contributed by atoms with E-state index >= 15 is 0 Å². The summed E-state index contributed by atoms with van der Waals surface area (Å²) >= 11 is 0. The molecule has 1 aromatic carbocycles. The number of amides is 2. The van der Waals surface area contributed by atoms with Gasteiger partial charge in [-0.25, -0.2) is 0 Å². The van der Waals surface area contributed by atoms with Crippen molar-refractivity contribution in [1.82, 2.24) is 5.32 Å². The number of hydrogen-bond donors (Lipinski definition) is 1. The summed E-state index contributed by atoms with van der Waals surface area (Å²) in [5.41, 5.74) is 1.33. The standard InChI is InChI=1S/C13H13NO4/c1-17-11-4-2-9(3-5-11)7-18-8-10-6-12(15)14-13(10)16/h2-6H,7-8H2,1H3,(H,14,15,16). The SMILES string of the molecule is COc1ccc(COCC2=CC(=O)NC2=O)cc1. The van der Waals surface area contributed by atoms with Crippen LogP contribution < -0.4 is 10.1 Å². The molecule has 0 fully saturated rings. The van der Waals surface area contributed by atoms with Crippen molar-refractivity contribution in [2.24, 2.45) is 0 Å². The van der Waals surface area contributed by atoms with Crippen LogP contribution in [-0.2, 0) is 20.9 Å². The highest BCUT2D eigenvalue weighted by Gasteiger charge is 2.20. The first kappa shape index (κ1) is 12.3. The van der Waals surface area contributed by atoms with E-state index in [0.29, 0.717) is 12.2 Å². The molecule has 1 heterocycles. The van der Waals surface area contributed by atoms with E-state index in [1.165, 1.54) is 6.08 Å². The average Bonchev–Trinajstić information content (AvgIpc) is 2.69. The summed E-state index contributed by atoms with van der Waals surface area (Å²) in [5.74, 6) is 0.0139. The van der Waals surface area contributed by atoms with Gasteiger partial charge in [0.05, 0.1) is 20.3 Å². The van der Waals surface area contributed by atoms with Gasteiger partial charge >= 0.3 is 0 Å². The molecule has 0 aromatic heterocycles. The zero-order chi connectivity index (χ0) is 13.0. The van der Waals surface area contributed by atoms with Gasteiger partial charge in [-0.2, -0.15) is 0 Å². The molecule has 94 valence electrons. The largest absolute Gasteiger partial charge is 0.497 e. The minimum absolute atomic E-state index is 0.129. The number of ether oxygens (including phenoxy) is 2. The molecule has 1 aromatic rings. The van der Waals surface area contributed by atoms with E-state index in [2.05, 4.69) is 5.32 Å². The summed E-state index contributed by atoms with van der Waals surface area (Å²) in [6, 6.07) is 7.44. The molecule has 0 spiro atoms. The summed E-state index contributed by atoms with van der Waals surface area (Å²) in [4.78, 5) is 22.1. The van der Waals surface area contributed by atoms with Crippen LogP contribution in [0.15, 0.2) is 35.9 Å². The highest BCUT2D eigenvalue weighted by Crippen LogP contribution is 2.12. The Hall–Kier alpha value is -2.14. The zero-order valence-corrected chi connectivity index (χ0v) is 9.93. The number of carbonyl (C=O) groups excluding carboxylic acids is 2. The van der Waals surface area contributed by atoms with Gasteiger partial charge in [0.25, 0.3) is 11.8 Å². The van der Waals surface area contributed by atoms with E-state index in [0.717, 1.165) is 11.3 Å². The quantitative estimate of drug-likeness (QED) is 0.781. The van der Waals surface area contributed by atoms with Gasteiger partial charge in [0.2, 0.25) is 0 Å². The van der Waals surface area contributed by atoms with Gasteiger partial charge in [0.1, 0.15) is 5.75 Å². The molecular weight excluding hydrogens is 234 g/mol. The van der Waals surface area contributed by atoms with Crippen LogP contribution in [0.5, 0.6) is 5.75 Å². The first-order valence-corrected chi connectivity index (χ1v) is 5.45. The second-order valence-electron chi connectivity index (χ2n) is 3.83. The van der Waals surface area contributed by atoms with E-state index in [-0.39, 0.29) is 18.4 Å². The van der Waals surface area contributed by atoms with Crippen LogP contribution >= 0.6 is 0 Å². The highest BCUT2D eigenvalue weighted by atomic mass is 16.5. The summed E-state index contributed by atoms with van der Waals surface area (Å²) in [6.45, 7) is 0.506. The van der Waals surface area contributed by atoms with Gasteiger partial charge in [-0.1, -0.05) is 12.1 Å². The normalized spacial score (nSPS) is 14.4. The number of carbonyl (C=O) groups is 2. The molecule has 0 radical (unpaired) electrons. The van der Waals surface area contributed by atoms with Gasteiger partial charge in [0, 0.05) is 11.6 Å². The van der Waals surface area contributed by atoms with Crippen molar-refractivity contribution in [2.45, 2.75) is 6.61 Å². The minimum Gasteiger partial charge on any atom is -0.497 e. The van der Waals surface area contributed by atoms with Crippen molar-refractivity contribution in [3.8, 4) is 5.75 Å². The average molecular weight is 247 g/mol. The molecule has 2 amide bonds. The highest BCUT2D eigenvalue weighted by molar-refractivity contribution is 6.16. The van der Waals surface area contributed by atoms with Gasteiger partial charge in [-0.3, -0.25) is 14.9 Å². The Morgan fingerprint density at radius 3 is 2.39 bits per heavy atom. The van der Waals surface area contributed by atoms with E-state index in [1.54, 1.807) is 7.11 Å². The summed E-state index contributed by atoms with van der Waals surface area (Å²) < 4.78 is 10.4. The third-order valence-electron chi connectivity index (χ3n) is 2.52. The van der Waals surface area contributed by atoms with Crippen LogP contribution in [0, 0.1) is 0 Å². The van der Waals surface area contributed by atoms with Crippen molar-refractivity contribution in [2.75, 3.05) is 13.7 Å². The predicted octanol–water partition coefficient (Wildman–Crippen LogP) is 0.795. The number of methoxy groups -OCH3 is 1. The van der Waals surface area contributed by atoms with E-state index in [9.17, 15) is 9.59 Å². The molecule has 1 aliphatic heterocycles. The van der Waals surface area contributed by atoms with Crippen LogP contribution in [0.4, 0.5) is 0 Å². The minimum atomic E-state index is -0.386. The zero-order valence-electron chi connectivity index (χ0n) is 9.93. The van der Waals surface area contributed by atoms with Crippen LogP contribution in [0.3, 0.4) is 0 Å². The van der Waals surface area contributed by atoms with Gasteiger partial charge < -0.3 is 9.47 Å². The van der Waals surface area contributed by atoms with E-state index in [4.69, 9.17) is 9.47 Å². The summed E-state index contributed by atoms with van der Waals surface area (Å²) in [7, 11) is 1.60. The van der Waals surface area contributed by atoms with Crippen LogP contribution in [0.2, 0.25) is 0 Å². The van der Waals surface area contributed by atoms with Crippen molar-refractivity contribution >= 4 is 11.8 Å². The Morgan fingerprint density at radius 1 is 1.11 bits per heavy atom. The maximum Gasteiger partial charge on any atom is 0.256 e. The molecule has 0 saturated carbocycles. The topological polar surface area (TPSA) is 64.6 Å². The molecule has 0 atom stereocenters. The van der Waals surface area contributed by atoms with Crippen molar-refractivity contribution in [3.63, 3.8) is 0 Å². The van der Waals surface area contributed by atoms with Crippen molar-refractivity contribution in [1.29, 1.82) is 0 Å². The molecule has 5 nitrogen and oxygen atoms in total. The number of nitrogens with one attached hydrogen (secondary N) is 1. The van der Waals surface area contributed by atoms with E-state index < -0.39 is 0 Å². The van der Waals surface area contributed by atoms with Gasteiger partial charge in [-0.05, 0) is 17.7 Å². The molecule has 1 N–H and O–H groups in total. The fourth-order valence-electron chi connectivity index (χ4n) is 1.56. The molecule has 0 bridgehead atoms. The third kappa shape index (κ3) is 2.95. The second kappa shape index (κ2) is 5.46. The maximum atomic E-state index is 11.2. The van der Waals surface area contributed by atoms with Gasteiger partial charge in [-0.15, -0.1) is 0 Å². The van der Waals surface area contributed by atoms with E-state index in [1.807, 2.05) is 24.3 Å². The van der Waals surface area contributed by atoms with Crippen LogP contribution in [0.1, 0.15) is 5.56 Å². The van der Waals surface area contributed by atoms with Crippen LogP contribution in [-0.4, -0.2) is 25.5 Å². The predicted molar refractivity (Wildman–Crippen MR) is 63.9 cm³/mol. The molecule has 0 aliphatic carbocycles. The second-order valence-corrected chi connectivity index (χ2v) is 3.83. The monoisotopic (exact) mass is 247 g/mol. The number of benzene rings is 1. The lowest BCUT2D eigenvalue weighted by Crippen LogP contribution is -2.23. The smallest absolute Gasteiger partial charge is 0.256 e. The Bertz CT molecular complexity index is 490. The van der Waals surface area contributed by atoms with Crippen molar-refractivity contribution in [3.05, 3.63) is 41.5 Å². The maximum absolute atomic E-state index is 11.2. The molecule has 2 rings (SSSR count). The Labute approximate surface area is 104 Å². The molecule has 0 saturated heterocycles. The fourth-order valence-corrected chi connectivity index (χ4v) is 1.56. The Balaban J connectivity index is 1.83. The lowest BCUT2D eigenvalue weighted by molar-refractivity contribution is -0.124. The molecular formula is C13H13NO4. The molecule has 1 aliphatic rings. The lowest BCUT2D eigenvalue weighted by Gasteiger charge is -2.05. The Kier molecular flexibility index (Phi) is 3.74. The Morgan fingerprint density at radius 2 is 1.83 bits per heavy atom. The van der Waals surface area contributed by atoms with Gasteiger partial charge in [0.15, 0.2) is 0 Å². The number of hydrogen-bond acceptors (Lipinski definition) is 4. The first-order valence-electron chi connectivity index (χ1n) is 5.45.